The fourth-order valence-electron chi connectivity index (χ4n) is 2.32. The van der Waals surface area contributed by atoms with Crippen LogP contribution >= 0.6 is 0 Å². The van der Waals surface area contributed by atoms with Crippen molar-refractivity contribution in [3.05, 3.63) is 35.9 Å². The van der Waals surface area contributed by atoms with Crippen molar-refractivity contribution in [2.45, 2.75) is 38.2 Å². The number of likely N-dealkylation sites (N-methyl/N-ethyl adjacent to an activating group) is 1. The van der Waals surface area contributed by atoms with Gasteiger partial charge in [0.1, 0.15) is 0 Å². The van der Waals surface area contributed by atoms with Gasteiger partial charge in [-0.15, -0.1) is 0 Å². The van der Waals surface area contributed by atoms with Crippen LogP contribution in [0.5, 0.6) is 0 Å². The van der Waals surface area contributed by atoms with E-state index in [1.807, 2.05) is 6.07 Å². The van der Waals surface area contributed by atoms with E-state index >= 15 is 0 Å². The molecule has 1 aliphatic heterocycles. The van der Waals surface area contributed by atoms with E-state index < -0.39 is 6.29 Å². The number of nitrogens with zero attached hydrogens (tertiary/aromatic N) is 1. The number of ether oxygens (including phenoxy) is 1. The first kappa shape index (κ1) is 12.6. The average molecular weight is 235 g/mol. The van der Waals surface area contributed by atoms with Crippen LogP contribution in [0.4, 0.5) is 0 Å². The molecule has 2 rings (SSSR count). The monoisotopic (exact) mass is 235 g/mol. The second-order valence-electron chi connectivity index (χ2n) is 4.83. The summed E-state index contributed by atoms with van der Waals surface area (Å²) >= 11 is 0. The zero-order valence-electron chi connectivity index (χ0n) is 10.4. The number of aliphatic hydroxyl groups excluding tert-OH is 1. The molecule has 3 heteroatoms. The first-order valence-corrected chi connectivity index (χ1v) is 6.30. The molecule has 1 heterocycles. The van der Waals surface area contributed by atoms with Crippen LogP contribution in [0, 0.1) is 0 Å². The first-order valence-electron chi connectivity index (χ1n) is 6.30. The fourth-order valence-corrected chi connectivity index (χ4v) is 2.32. The van der Waals surface area contributed by atoms with Crippen LogP contribution in [0.25, 0.3) is 0 Å². The summed E-state index contributed by atoms with van der Waals surface area (Å²) in [5.74, 6) is 0. The lowest BCUT2D eigenvalue weighted by molar-refractivity contribution is -0.166. The molecule has 1 N–H and O–H groups in total. The Balaban J connectivity index is 1.79. The highest BCUT2D eigenvalue weighted by Gasteiger charge is 2.21. The van der Waals surface area contributed by atoms with Gasteiger partial charge in [-0.05, 0) is 31.9 Å². The van der Waals surface area contributed by atoms with Crippen molar-refractivity contribution in [3.8, 4) is 0 Å². The van der Waals surface area contributed by atoms with E-state index in [1.165, 1.54) is 5.56 Å². The highest BCUT2D eigenvalue weighted by atomic mass is 16.6. The van der Waals surface area contributed by atoms with Gasteiger partial charge in [0.25, 0.3) is 0 Å². The van der Waals surface area contributed by atoms with Gasteiger partial charge in [0.2, 0.25) is 0 Å². The van der Waals surface area contributed by atoms with Gasteiger partial charge < -0.3 is 9.84 Å². The van der Waals surface area contributed by atoms with E-state index in [0.29, 0.717) is 0 Å². The van der Waals surface area contributed by atoms with Gasteiger partial charge in [-0.25, -0.2) is 0 Å². The average Bonchev–Trinajstić information content (AvgIpc) is 2.30. The number of hydrogen-bond acceptors (Lipinski definition) is 3. The number of benzene rings is 1. The number of rotatable bonds is 4. The molecular weight excluding hydrogens is 214 g/mol. The Labute approximate surface area is 103 Å². The van der Waals surface area contributed by atoms with Crippen LogP contribution in [0.3, 0.4) is 0 Å². The van der Waals surface area contributed by atoms with Crippen molar-refractivity contribution in [3.63, 3.8) is 0 Å². The second kappa shape index (κ2) is 6.15. The Morgan fingerprint density at radius 2 is 2.06 bits per heavy atom. The summed E-state index contributed by atoms with van der Waals surface area (Å²) in [7, 11) is 2.09. The van der Waals surface area contributed by atoms with Crippen LogP contribution in [-0.2, 0) is 11.3 Å². The van der Waals surface area contributed by atoms with Crippen molar-refractivity contribution in [1.82, 2.24) is 4.90 Å². The van der Waals surface area contributed by atoms with Crippen LogP contribution < -0.4 is 0 Å². The topological polar surface area (TPSA) is 32.7 Å². The lowest BCUT2D eigenvalue weighted by Gasteiger charge is -2.30. The van der Waals surface area contributed by atoms with Gasteiger partial charge in [0.15, 0.2) is 6.29 Å². The van der Waals surface area contributed by atoms with Gasteiger partial charge in [0, 0.05) is 13.1 Å². The molecular formula is C14H21NO2. The summed E-state index contributed by atoms with van der Waals surface area (Å²) in [5, 5.41) is 9.44. The Hall–Kier alpha value is -0.900. The van der Waals surface area contributed by atoms with Crippen molar-refractivity contribution in [2.75, 3.05) is 13.6 Å². The minimum atomic E-state index is -0.557. The summed E-state index contributed by atoms with van der Waals surface area (Å²) in [6.45, 7) is 1.81. The molecule has 17 heavy (non-hydrogen) atoms. The van der Waals surface area contributed by atoms with E-state index in [9.17, 15) is 5.11 Å². The highest BCUT2D eigenvalue weighted by Crippen LogP contribution is 2.18. The zero-order chi connectivity index (χ0) is 12.1. The summed E-state index contributed by atoms with van der Waals surface area (Å²) in [4.78, 5) is 2.25. The molecule has 0 saturated carbocycles. The lowest BCUT2D eigenvalue weighted by Crippen LogP contribution is -2.36. The number of hydrogen-bond donors (Lipinski definition) is 1. The van der Waals surface area contributed by atoms with E-state index in [0.717, 1.165) is 32.4 Å². The maximum atomic E-state index is 9.44. The minimum absolute atomic E-state index is 0.174. The summed E-state index contributed by atoms with van der Waals surface area (Å²) in [6, 6.07) is 10.4. The molecule has 3 nitrogen and oxygen atoms in total. The molecule has 0 radical (unpaired) electrons. The van der Waals surface area contributed by atoms with Crippen molar-refractivity contribution >= 4 is 0 Å². The normalized spacial score (nSPS) is 25.1. The largest absolute Gasteiger partial charge is 0.368 e. The van der Waals surface area contributed by atoms with Gasteiger partial charge in [-0.2, -0.15) is 0 Å². The predicted molar refractivity (Wildman–Crippen MR) is 67.5 cm³/mol. The maximum absolute atomic E-state index is 9.44. The molecule has 94 valence electrons. The Morgan fingerprint density at radius 1 is 1.29 bits per heavy atom. The maximum Gasteiger partial charge on any atom is 0.154 e. The van der Waals surface area contributed by atoms with E-state index in [1.54, 1.807) is 0 Å². The summed E-state index contributed by atoms with van der Waals surface area (Å²) < 4.78 is 5.51. The fraction of sp³-hybridized carbons (Fsp3) is 0.571. The van der Waals surface area contributed by atoms with Crippen LogP contribution in [0.1, 0.15) is 24.8 Å². The predicted octanol–water partition coefficient (Wildman–Crippen LogP) is 2.01. The Morgan fingerprint density at radius 3 is 2.76 bits per heavy atom. The molecule has 0 unspecified atom stereocenters. The number of aliphatic hydroxyl groups is 1. The van der Waals surface area contributed by atoms with Crippen LogP contribution in [-0.4, -0.2) is 36.0 Å². The Kier molecular flexibility index (Phi) is 4.54. The third-order valence-electron chi connectivity index (χ3n) is 3.14. The second-order valence-corrected chi connectivity index (χ2v) is 4.83. The van der Waals surface area contributed by atoms with Crippen molar-refractivity contribution in [1.29, 1.82) is 0 Å². The first-order chi connectivity index (χ1) is 8.24. The summed E-state index contributed by atoms with van der Waals surface area (Å²) in [5.41, 5.74) is 1.31. The molecule has 1 aromatic rings. The minimum Gasteiger partial charge on any atom is -0.368 e. The molecule has 1 saturated heterocycles. The molecule has 2 atom stereocenters. The molecule has 1 fully saturated rings. The van der Waals surface area contributed by atoms with Crippen molar-refractivity contribution in [2.24, 2.45) is 0 Å². The van der Waals surface area contributed by atoms with E-state index in [2.05, 4.69) is 36.2 Å². The van der Waals surface area contributed by atoms with Crippen LogP contribution in [0.2, 0.25) is 0 Å². The Bertz CT molecular complexity index is 328. The van der Waals surface area contributed by atoms with E-state index in [4.69, 9.17) is 4.74 Å². The highest BCUT2D eigenvalue weighted by molar-refractivity contribution is 5.14. The molecule has 1 aromatic carbocycles. The standard InChI is InChI=1S/C14H21NO2/c1-15(10-12-6-3-2-4-7-12)11-13-8-5-9-14(16)17-13/h2-4,6-7,13-14,16H,5,8-11H2,1H3/t13-,14-/m0/s1. The third-order valence-corrected chi connectivity index (χ3v) is 3.14. The molecule has 0 aromatic heterocycles. The van der Waals surface area contributed by atoms with Gasteiger partial charge in [-0.3, -0.25) is 4.90 Å². The molecule has 0 bridgehead atoms. The molecule has 0 spiro atoms. The molecule has 0 aliphatic carbocycles. The van der Waals surface area contributed by atoms with Gasteiger partial charge in [-0.1, -0.05) is 30.3 Å². The third kappa shape index (κ3) is 4.11. The van der Waals surface area contributed by atoms with Gasteiger partial charge in [0.05, 0.1) is 6.10 Å². The summed E-state index contributed by atoms with van der Waals surface area (Å²) in [6.07, 6.45) is 2.51. The zero-order valence-corrected chi connectivity index (χ0v) is 10.4. The van der Waals surface area contributed by atoms with Crippen LogP contribution in [0.15, 0.2) is 30.3 Å². The van der Waals surface area contributed by atoms with Crippen molar-refractivity contribution < 1.29 is 9.84 Å². The molecule has 0 amide bonds. The smallest absolute Gasteiger partial charge is 0.154 e. The molecule has 1 aliphatic rings. The SMILES string of the molecule is CN(Cc1ccccc1)C[C@@H]1CCC[C@@H](O)O1. The quantitative estimate of drug-likeness (QED) is 0.866. The van der Waals surface area contributed by atoms with Gasteiger partial charge >= 0.3 is 0 Å². The van der Waals surface area contributed by atoms with E-state index in [-0.39, 0.29) is 6.10 Å². The lowest BCUT2D eigenvalue weighted by atomic mass is 10.1.